The van der Waals surface area contributed by atoms with E-state index >= 15 is 0 Å². The second kappa shape index (κ2) is 12.4. The van der Waals surface area contributed by atoms with E-state index in [-0.39, 0.29) is 43.4 Å². The highest BCUT2D eigenvalue weighted by atomic mass is 35.5. The Labute approximate surface area is 209 Å². The molecule has 7 nitrogen and oxygen atoms in total. The van der Waals surface area contributed by atoms with Gasteiger partial charge in [-0.25, -0.2) is 12.8 Å². The molecule has 0 radical (unpaired) electrons. The summed E-state index contributed by atoms with van der Waals surface area (Å²) in [5, 5.41) is 3.28. The van der Waals surface area contributed by atoms with Gasteiger partial charge >= 0.3 is 0 Å². The van der Waals surface area contributed by atoms with E-state index in [9.17, 15) is 22.4 Å². The number of carbonyl (C=O) groups is 2. The third kappa shape index (κ3) is 7.07. The number of amides is 2. The molecule has 2 amide bonds. The maximum atomic E-state index is 14.2. The van der Waals surface area contributed by atoms with Gasteiger partial charge in [0.25, 0.3) is 0 Å². The number of para-hydroxylation sites is 1. The Kier molecular flexibility index (Phi) is 10.1. The fraction of sp³-hybridized carbons (Fsp3) is 0.391. The maximum absolute atomic E-state index is 14.2. The minimum atomic E-state index is -3.79. The van der Waals surface area contributed by atoms with Gasteiger partial charge < -0.3 is 10.2 Å². The Bertz CT molecular complexity index is 1110. The molecule has 0 bridgehead atoms. The number of sulfonamides is 1. The van der Waals surface area contributed by atoms with E-state index < -0.39 is 21.9 Å². The highest BCUT2D eigenvalue weighted by Gasteiger charge is 2.29. The van der Waals surface area contributed by atoms with Crippen molar-refractivity contribution in [2.24, 2.45) is 0 Å². The first kappa shape index (κ1) is 27.9. The van der Waals surface area contributed by atoms with Crippen LogP contribution >= 0.6 is 23.2 Å². The molecule has 0 aliphatic carbocycles. The van der Waals surface area contributed by atoms with Crippen LogP contribution < -0.4 is 9.62 Å². The van der Waals surface area contributed by atoms with Gasteiger partial charge in [0, 0.05) is 42.2 Å². The van der Waals surface area contributed by atoms with E-state index in [1.54, 1.807) is 25.1 Å². The summed E-state index contributed by atoms with van der Waals surface area (Å²) < 4.78 is 39.7. The molecule has 0 aliphatic rings. The van der Waals surface area contributed by atoms with Crippen LogP contribution in [0.2, 0.25) is 10.0 Å². The molecular weight excluding hydrogens is 504 g/mol. The highest BCUT2D eigenvalue weighted by Crippen LogP contribution is 2.28. The molecule has 34 heavy (non-hydrogen) atoms. The Morgan fingerprint density at radius 3 is 2.24 bits per heavy atom. The van der Waals surface area contributed by atoms with Gasteiger partial charge in [-0.2, -0.15) is 0 Å². The van der Waals surface area contributed by atoms with Crippen molar-refractivity contribution in [3.05, 3.63) is 63.9 Å². The van der Waals surface area contributed by atoms with E-state index in [1.807, 2.05) is 0 Å². The van der Waals surface area contributed by atoms with Gasteiger partial charge in [0.05, 0.1) is 11.9 Å². The molecule has 2 aromatic carbocycles. The van der Waals surface area contributed by atoms with Crippen LogP contribution in [0.1, 0.15) is 31.7 Å². The smallest absolute Gasteiger partial charge is 0.242 e. The molecule has 0 aromatic heterocycles. The summed E-state index contributed by atoms with van der Waals surface area (Å²) in [6.45, 7) is 1.67. The minimum Gasteiger partial charge on any atom is -0.357 e. The molecule has 1 atom stereocenters. The number of likely N-dealkylation sites (N-methyl/N-ethyl adjacent to an activating group) is 1. The predicted octanol–water partition coefficient (Wildman–Crippen LogP) is 4.23. The number of hydrogen-bond donors (Lipinski definition) is 1. The van der Waals surface area contributed by atoms with Crippen molar-refractivity contribution in [3.8, 4) is 0 Å². The van der Waals surface area contributed by atoms with Crippen molar-refractivity contribution >= 4 is 50.7 Å². The summed E-state index contributed by atoms with van der Waals surface area (Å²) >= 11 is 12.6. The molecule has 0 unspecified atom stereocenters. The van der Waals surface area contributed by atoms with Crippen LogP contribution in [0.5, 0.6) is 0 Å². The standard InChI is InChI=1S/C23H28Cl2FN3O4S/c1-4-20(23(31)27-2)28(15-16-17(24)9-7-10-18(16)25)22(30)13-8-14-29(34(3,32)33)21-12-6-5-11-19(21)26/h5-7,9-12,20H,4,8,13-15H2,1-3H3,(H,27,31)/t20-/m1/s1. The molecule has 186 valence electrons. The lowest BCUT2D eigenvalue weighted by molar-refractivity contribution is -0.141. The first-order valence-corrected chi connectivity index (χ1v) is 13.3. The Morgan fingerprint density at radius 2 is 1.71 bits per heavy atom. The number of carbonyl (C=O) groups excluding carboxylic acids is 2. The van der Waals surface area contributed by atoms with Gasteiger partial charge in [-0.15, -0.1) is 0 Å². The van der Waals surface area contributed by atoms with E-state index in [2.05, 4.69) is 5.32 Å². The van der Waals surface area contributed by atoms with Crippen molar-refractivity contribution in [3.63, 3.8) is 0 Å². The fourth-order valence-electron chi connectivity index (χ4n) is 3.58. The van der Waals surface area contributed by atoms with E-state index in [4.69, 9.17) is 23.2 Å². The third-order valence-electron chi connectivity index (χ3n) is 5.30. The summed E-state index contributed by atoms with van der Waals surface area (Å²) in [7, 11) is -2.31. The lowest BCUT2D eigenvalue weighted by Gasteiger charge is -2.31. The topological polar surface area (TPSA) is 86.8 Å². The van der Waals surface area contributed by atoms with Gasteiger partial charge in [0.15, 0.2) is 0 Å². The second-order valence-electron chi connectivity index (χ2n) is 7.65. The average Bonchev–Trinajstić information content (AvgIpc) is 2.78. The van der Waals surface area contributed by atoms with Crippen LogP contribution in [-0.4, -0.2) is 51.0 Å². The van der Waals surface area contributed by atoms with Crippen molar-refractivity contribution in [2.75, 3.05) is 24.2 Å². The summed E-state index contributed by atoms with van der Waals surface area (Å²) in [4.78, 5) is 27.1. The highest BCUT2D eigenvalue weighted by molar-refractivity contribution is 7.92. The van der Waals surface area contributed by atoms with Gasteiger partial charge in [-0.1, -0.05) is 48.3 Å². The van der Waals surface area contributed by atoms with Crippen LogP contribution in [0.3, 0.4) is 0 Å². The van der Waals surface area contributed by atoms with Crippen molar-refractivity contribution in [1.82, 2.24) is 10.2 Å². The Hall–Kier alpha value is -2.36. The molecule has 0 spiro atoms. The van der Waals surface area contributed by atoms with Crippen molar-refractivity contribution < 1.29 is 22.4 Å². The number of halogens is 3. The number of nitrogens with one attached hydrogen (secondary N) is 1. The number of nitrogens with zero attached hydrogens (tertiary/aromatic N) is 2. The van der Waals surface area contributed by atoms with Crippen molar-refractivity contribution in [2.45, 2.75) is 38.8 Å². The molecule has 0 saturated carbocycles. The summed E-state index contributed by atoms with van der Waals surface area (Å²) in [5.41, 5.74) is 0.416. The zero-order valence-corrected chi connectivity index (χ0v) is 21.6. The van der Waals surface area contributed by atoms with Gasteiger partial charge in [0.1, 0.15) is 11.9 Å². The molecule has 11 heteroatoms. The number of anilines is 1. The minimum absolute atomic E-state index is 0.00632. The van der Waals surface area contributed by atoms with Crippen LogP contribution in [-0.2, 0) is 26.2 Å². The number of benzene rings is 2. The monoisotopic (exact) mass is 531 g/mol. The van der Waals surface area contributed by atoms with E-state index in [0.29, 0.717) is 22.0 Å². The third-order valence-corrected chi connectivity index (χ3v) is 7.18. The fourth-order valence-corrected chi connectivity index (χ4v) is 5.06. The predicted molar refractivity (Wildman–Crippen MR) is 133 cm³/mol. The van der Waals surface area contributed by atoms with E-state index in [0.717, 1.165) is 10.6 Å². The first-order chi connectivity index (χ1) is 16.0. The molecule has 0 aliphatic heterocycles. The average molecular weight is 532 g/mol. The molecule has 0 heterocycles. The largest absolute Gasteiger partial charge is 0.357 e. The SMILES string of the molecule is CC[C@H](C(=O)NC)N(Cc1c(Cl)cccc1Cl)C(=O)CCCN(c1ccccc1F)S(C)(=O)=O. The summed E-state index contributed by atoms with van der Waals surface area (Å²) in [6.07, 6.45) is 1.36. The summed E-state index contributed by atoms with van der Waals surface area (Å²) in [6, 6.07) is 9.72. The molecular formula is C23H28Cl2FN3O4S. The molecule has 0 fully saturated rings. The molecule has 2 rings (SSSR count). The van der Waals surface area contributed by atoms with Gasteiger partial charge in [0.2, 0.25) is 21.8 Å². The van der Waals surface area contributed by atoms with Crippen LogP contribution in [0.4, 0.5) is 10.1 Å². The van der Waals surface area contributed by atoms with Crippen LogP contribution in [0, 0.1) is 5.82 Å². The van der Waals surface area contributed by atoms with E-state index in [1.165, 1.54) is 36.2 Å². The molecule has 2 aromatic rings. The Morgan fingerprint density at radius 1 is 1.09 bits per heavy atom. The second-order valence-corrected chi connectivity index (χ2v) is 10.4. The quantitative estimate of drug-likeness (QED) is 0.469. The number of hydrogen-bond acceptors (Lipinski definition) is 4. The zero-order chi connectivity index (χ0) is 25.5. The summed E-state index contributed by atoms with van der Waals surface area (Å²) in [5.74, 6) is -1.41. The normalized spacial score (nSPS) is 12.2. The van der Waals surface area contributed by atoms with Gasteiger partial charge in [-0.3, -0.25) is 13.9 Å². The Balaban J connectivity index is 2.25. The van der Waals surface area contributed by atoms with Crippen LogP contribution in [0.15, 0.2) is 42.5 Å². The first-order valence-electron chi connectivity index (χ1n) is 10.7. The maximum Gasteiger partial charge on any atom is 0.242 e. The van der Waals surface area contributed by atoms with Crippen molar-refractivity contribution in [1.29, 1.82) is 0 Å². The zero-order valence-electron chi connectivity index (χ0n) is 19.2. The molecule has 0 saturated heterocycles. The van der Waals surface area contributed by atoms with Gasteiger partial charge in [-0.05, 0) is 37.1 Å². The molecule has 1 N–H and O–H groups in total. The lowest BCUT2D eigenvalue weighted by Crippen LogP contribution is -2.48. The van der Waals surface area contributed by atoms with Crippen LogP contribution in [0.25, 0.3) is 0 Å². The lowest BCUT2D eigenvalue weighted by atomic mass is 10.1. The number of rotatable bonds is 11.